The van der Waals surface area contributed by atoms with Crippen molar-refractivity contribution in [2.24, 2.45) is 0 Å². The van der Waals surface area contributed by atoms with Crippen LogP contribution in [0, 0.1) is 0 Å². The van der Waals surface area contributed by atoms with Crippen molar-refractivity contribution in [2.75, 3.05) is 0 Å². The van der Waals surface area contributed by atoms with Crippen LogP contribution in [0.5, 0.6) is 0 Å². The first kappa shape index (κ1) is 15.5. The smallest absolute Gasteiger partial charge is 0.267 e. The van der Waals surface area contributed by atoms with Crippen molar-refractivity contribution in [1.29, 1.82) is 0 Å². The molecule has 0 spiro atoms. The molecule has 4 heteroatoms. The molecule has 0 unspecified atom stereocenters. The number of aromatic amines is 1. The highest BCUT2D eigenvalue weighted by atomic mass is 35.5. The number of H-pyrrole nitrogens is 1. The second-order valence-corrected chi connectivity index (χ2v) is 6.14. The van der Waals surface area contributed by atoms with Crippen LogP contribution in [-0.4, -0.2) is 9.78 Å². The van der Waals surface area contributed by atoms with E-state index in [1.54, 1.807) is 12.1 Å². The van der Waals surface area contributed by atoms with E-state index < -0.39 is 0 Å². The fourth-order valence-corrected chi connectivity index (χ4v) is 3.08. The molecule has 3 nitrogen and oxygen atoms in total. The maximum Gasteiger partial charge on any atom is 0.272 e. The van der Waals surface area contributed by atoms with Crippen molar-refractivity contribution in [2.45, 2.75) is 0 Å². The lowest BCUT2D eigenvalue weighted by Gasteiger charge is -2.10. The molecule has 25 heavy (non-hydrogen) atoms. The van der Waals surface area contributed by atoms with E-state index >= 15 is 0 Å². The molecule has 0 saturated heterocycles. The maximum atomic E-state index is 12.8. The van der Waals surface area contributed by atoms with Gasteiger partial charge in [-0.1, -0.05) is 72.3 Å². The molecule has 0 aliphatic heterocycles. The van der Waals surface area contributed by atoms with Crippen molar-refractivity contribution < 1.29 is 0 Å². The summed E-state index contributed by atoms with van der Waals surface area (Å²) in [6.45, 7) is 0. The summed E-state index contributed by atoms with van der Waals surface area (Å²) in [4.78, 5) is 12.8. The normalized spacial score (nSPS) is 10.8. The van der Waals surface area contributed by atoms with Crippen LogP contribution in [-0.2, 0) is 0 Å². The zero-order chi connectivity index (χ0) is 17.2. The van der Waals surface area contributed by atoms with Gasteiger partial charge in [0.1, 0.15) is 0 Å². The van der Waals surface area contributed by atoms with Gasteiger partial charge in [-0.15, -0.1) is 0 Å². The van der Waals surface area contributed by atoms with E-state index in [0.717, 1.165) is 22.5 Å². The molecule has 0 aliphatic rings. The number of hydrogen-bond donors (Lipinski definition) is 1. The molecule has 4 rings (SSSR count). The van der Waals surface area contributed by atoms with Gasteiger partial charge < -0.3 is 0 Å². The molecule has 1 aromatic heterocycles. The number of para-hydroxylation sites is 1. The molecule has 0 saturated carbocycles. The largest absolute Gasteiger partial charge is 0.272 e. The lowest BCUT2D eigenvalue weighted by molar-refractivity contribution is 0.871. The fourth-order valence-electron chi connectivity index (χ4n) is 2.96. The van der Waals surface area contributed by atoms with Crippen molar-refractivity contribution in [3.63, 3.8) is 0 Å². The number of hydrogen-bond acceptors (Lipinski definition) is 1. The topological polar surface area (TPSA) is 37.8 Å². The Bertz CT molecular complexity index is 1050. The number of aromatic nitrogens is 2. The van der Waals surface area contributed by atoms with Crippen LogP contribution < -0.4 is 5.56 Å². The molecule has 122 valence electrons. The third-order valence-electron chi connectivity index (χ3n) is 4.10. The van der Waals surface area contributed by atoms with Gasteiger partial charge in [0.2, 0.25) is 0 Å². The van der Waals surface area contributed by atoms with Crippen molar-refractivity contribution >= 4 is 11.6 Å². The van der Waals surface area contributed by atoms with Gasteiger partial charge in [-0.3, -0.25) is 14.6 Å². The SMILES string of the molecule is O=c1[nH]n(-c2ccccc2)c(-c2ccccc2)c1-c1ccc(Cl)cc1. The van der Waals surface area contributed by atoms with E-state index in [4.69, 9.17) is 11.6 Å². The van der Waals surface area contributed by atoms with Crippen molar-refractivity contribution in [3.8, 4) is 28.1 Å². The van der Waals surface area contributed by atoms with Gasteiger partial charge in [-0.25, -0.2) is 0 Å². The van der Waals surface area contributed by atoms with Crippen molar-refractivity contribution in [1.82, 2.24) is 9.78 Å². The first-order valence-electron chi connectivity index (χ1n) is 7.96. The maximum absolute atomic E-state index is 12.8. The molecule has 0 fully saturated rings. The average Bonchev–Trinajstić information content (AvgIpc) is 3.01. The van der Waals surface area contributed by atoms with Crippen LogP contribution in [0.1, 0.15) is 0 Å². The van der Waals surface area contributed by atoms with Crippen LogP contribution in [0.3, 0.4) is 0 Å². The monoisotopic (exact) mass is 346 g/mol. The summed E-state index contributed by atoms with van der Waals surface area (Å²) < 4.78 is 1.83. The van der Waals surface area contributed by atoms with Crippen LogP contribution in [0.2, 0.25) is 5.02 Å². The van der Waals surface area contributed by atoms with Crippen molar-refractivity contribution in [3.05, 3.63) is 100 Å². The van der Waals surface area contributed by atoms with Gasteiger partial charge in [-0.05, 0) is 29.8 Å². The Labute approximate surface area is 150 Å². The predicted molar refractivity (Wildman–Crippen MR) is 102 cm³/mol. The van der Waals surface area contributed by atoms with Gasteiger partial charge in [-0.2, -0.15) is 0 Å². The second kappa shape index (κ2) is 6.46. The highest BCUT2D eigenvalue weighted by Gasteiger charge is 2.19. The fraction of sp³-hybridized carbons (Fsp3) is 0. The quantitative estimate of drug-likeness (QED) is 0.547. The lowest BCUT2D eigenvalue weighted by atomic mass is 10.0. The summed E-state index contributed by atoms with van der Waals surface area (Å²) in [6, 6.07) is 27.0. The number of halogens is 1. The third kappa shape index (κ3) is 2.90. The third-order valence-corrected chi connectivity index (χ3v) is 4.35. The molecule has 3 aromatic carbocycles. The zero-order valence-electron chi connectivity index (χ0n) is 13.3. The molecule has 0 amide bonds. The Morgan fingerprint density at radius 2 is 1.32 bits per heavy atom. The molecular formula is C21H15ClN2O. The molecule has 4 aromatic rings. The summed E-state index contributed by atoms with van der Waals surface area (Å²) in [5.41, 5.74) is 4.03. The summed E-state index contributed by atoms with van der Waals surface area (Å²) >= 11 is 6.01. The predicted octanol–water partition coefficient (Wildman–Crippen LogP) is 5.15. The number of rotatable bonds is 3. The first-order chi connectivity index (χ1) is 12.2. The number of nitrogens with zero attached hydrogens (tertiary/aromatic N) is 1. The first-order valence-corrected chi connectivity index (χ1v) is 8.33. The van der Waals surface area contributed by atoms with Gasteiger partial charge in [0.05, 0.1) is 16.9 Å². The molecule has 0 atom stereocenters. The van der Waals surface area contributed by atoms with Gasteiger partial charge >= 0.3 is 0 Å². The van der Waals surface area contributed by atoms with Gasteiger partial charge in [0.15, 0.2) is 0 Å². The van der Waals surface area contributed by atoms with Gasteiger partial charge in [0, 0.05) is 10.6 Å². The Hall–Kier alpha value is -3.04. The zero-order valence-corrected chi connectivity index (χ0v) is 14.1. The number of benzene rings is 3. The molecule has 1 heterocycles. The highest BCUT2D eigenvalue weighted by Crippen LogP contribution is 2.31. The Morgan fingerprint density at radius 1 is 0.720 bits per heavy atom. The number of nitrogens with one attached hydrogen (secondary N) is 1. The van der Waals surface area contributed by atoms with E-state index in [-0.39, 0.29) is 5.56 Å². The van der Waals surface area contributed by atoms with Crippen LogP contribution >= 0.6 is 11.6 Å². The minimum absolute atomic E-state index is 0.134. The summed E-state index contributed by atoms with van der Waals surface area (Å²) in [7, 11) is 0. The van der Waals surface area contributed by atoms with E-state index in [0.29, 0.717) is 10.6 Å². The molecular weight excluding hydrogens is 332 g/mol. The lowest BCUT2D eigenvalue weighted by Crippen LogP contribution is -2.05. The Balaban J connectivity index is 2.03. The molecule has 0 bridgehead atoms. The molecule has 1 N–H and O–H groups in total. The van der Waals surface area contributed by atoms with E-state index in [9.17, 15) is 4.79 Å². The standard InChI is InChI=1S/C21H15ClN2O/c22-17-13-11-15(12-14-17)19-20(16-7-3-1-4-8-16)24(23-21(19)25)18-9-5-2-6-10-18/h1-14H,(H,23,25). The second-order valence-electron chi connectivity index (χ2n) is 5.71. The average molecular weight is 347 g/mol. The van der Waals surface area contributed by atoms with Crippen LogP contribution in [0.4, 0.5) is 0 Å². The summed E-state index contributed by atoms with van der Waals surface area (Å²) in [5.74, 6) is 0. The Kier molecular flexibility index (Phi) is 4.00. The van der Waals surface area contributed by atoms with E-state index in [1.165, 1.54) is 0 Å². The minimum atomic E-state index is -0.134. The van der Waals surface area contributed by atoms with E-state index in [2.05, 4.69) is 5.10 Å². The highest BCUT2D eigenvalue weighted by molar-refractivity contribution is 6.30. The van der Waals surface area contributed by atoms with Crippen LogP contribution in [0.25, 0.3) is 28.1 Å². The van der Waals surface area contributed by atoms with Gasteiger partial charge in [0.25, 0.3) is 5.56 Å². The Morgan fingerprint density at radius 3 is 1.96 bits per heavy atom. The summed E-state index contributed by atoms with van der Waals surface area (Å²) in [5, 5.41) is 3.61. The molecule has 0 aliphatic carbocycles. The van der Waals surface area contributed by atoms with E-state index in [1.807, 2.05) is 77.5 Å². The molecule has 0 radical (unpaired) electrons. The summed E-state index contributed by atoms with van der Waals surface area (Å²) in [6.07, 6.45) is 0. The van der Waals surface area contributed by atoms with Crippen LogP contribution in [0.15, 0.2) is 89.7 Å². The minimum Gasteiger partial charge on any atom is -0.267 e.